The minimum Gasteiger partial charge on any atom is -0.353 e. The lowest BCUT2D eigenvalue weighted by molar-refractivity contribution is -0.159. The van der Waals surface area contributed by atoms with Crippen LogP contribution in [0.15, 0.2) is 22.9 Å². The predicted octanol–water partition coefficient (Wildman–Crippen LogP) is 3.77. The van der Waals surface area contributed by atoms with Crippen LogP contribution in [-0.4, -0.2) is 52.1 Å². The third-order valence-electron chi connectivity index (χ3n) is 5.82. The van der Waals surface area contributed by atoms with Gasteiger partial charge in [0.1, 0.15) is 5.82 Å². The summed E-state index contributed by atoms with van der Waals surface area (Å²) < 4.78 is 42.0. The van der Waals surface area contributed by atoms with Gasteiger partial charge in [0.05, 0.1) is 0 Å². The smallest absolute Gasteiger partial charge is 0.353 e. The Balaban J connectivity index is 1.31. The third kappa shape index (κ3) is 4.73. The molecule has 2 aliphatic rings. The molecule has 0 N–H and O–H groups in total. The number of hydrogen-bond acceptors (Lipinski definition) is 6. The molecule has 2 aromatic heterocycles. The molecule has 0 bridgehead atoms. The van der Waals surface area contributed by atoms with Gasteiger partial charge in [-0.15, -0.1) is 0 Å². The fourth-order valence-corrected chi connectivity index (χ4v) is 4.11. The molecule has 0 aromatic carbocycles. The first-order chi connectivity index (χ1) is 14.4. The number of nitrogens with zero attached hydrogens (tertiary/aromatic N) is 5. The Labute approximate surface area is 172 Å². The Morgan fingerprint density at radius 2 is 1.83 bits per heavy atom. The van der Waals surface area contributed by atoms with E-state index in [-0.39, 0.29) is 11.7 Å². The highest BCUT2D eigenvalue weighted by molar-refractivity contribution is 5.76. The average Bonchev–Trinajstić information content (AvgIpc) is 3.26. The molecule has 1 aliphatic carbocycles. The fourth-order valence-electron chi connectivity index (χ4n) is 4.11. The van der Waals surface area contributed by atoms with Crippen LogP contribution >= 0.6 is 0 Å². The maximum atomic E-state index is 12.6. The number of amides is 1. The third-order valence-corrected chi connectivity index (χ3v) is 5.82. The van der Waals surface area contributed by atoms with Crippen molar-refractivity contribution < 1.29 is 22.5 Å². The molecule has 7 nitrogen and oxygen atoms in total. The van der Waals surface area contributed by atoms with Crippen molar-refractivity contribution in [1.82, 2.24) is 20.0 Å². The highest BCUT2D eigenvalue weighted by atomic mass is 19.4. The lowest BCUT2D eigenvalue weighted by Crippen LogP contribution is -2.49. The largest absolute Gasteiger partial charge is 0.471 e. The van der Waals surface area contributed by atoms with Crippen molar-refractivity contribution in [2.75, 3.05) is 31.1 Å². The van der Waals surface area contributed by atoms with Crippen molar-refractivity contribution in [3.8, 4) is 11.4 Å². The van der Waals surface area contributed by atoms with E-state index in [0.717, 1.165) is 12.8 Å². The van der Waals surface area contributed by atoms with Crippen molar-refractivity contribution in [3.05, 3.63) is 24.2 Å². The standard InChI is InChI=1S/C20H24F3N5O2/c21-20(22,23)19-25-18(26-30-19)15-6-7-16(24-13-15)27-8-10-28(11-9-27)17(29)12-14-4-2-1-3-5-14/h6-7,13-14H,1-5,8-12H2. The van der Waals surface area contributed by atoms with Crippen LogP contribution in [0.1, 0.15) is 44.4 Å². The van der Waals surface area contributed by atoms with Gasteiger partial charge in [-0.25, -0.2) is 4.98 Å². The summed E-state index contributed by atoms with van der Waals surface area (Å²) in [6, 6.07) is 3.34. The molecule has 4 rings (SSSR count). The summed E-state index contributed by atoms with van der Waals surface area (Å²) in [6.07, 6.45) is 3.47. The fraction of sp³-hybridized carbons (Fsp3) is 0.600. The summed E-state index contributed by atoms with van der Waals surface area (Å²) >= 11 is 0. The topological polar surface area (TPSA) is 75.4 Å². The molecule has 30 heavy (non-hydrogen) atoms. The number of carbonyl (C=O) groups excluding carboxylic acids is 1. The van der Waals surface area contributed by atoms with E-state index >= 15 is 0 Å². The van der Waals surface area contributed by atoms with Gasteiger partial charge < -0.3 is 14.3 Å². The second-order valence-corrected chi connectivity index (χ2v) is 7.90. The van der Waals surface area contributed by atoms with Gasteiger partial charge >= 0.3 is 12.1 Å². The van der Waals surface area contributed by atoms with Crippen LogP contribution in [-0.2, 0) is 11.0 Å². The molecule has 10 heteroatoms. The monoisotopic (exact) mass is 423 g/mol. The summed E-state index contributed by atoms with van der Waals surface area (Å²) in [4.78, 5) is 24.3. The normalized spacial score (nSPS) is 18.6. The van der Waals surface area contributed by atoms with Crippen molar-refractivity contribution in [1.29, 1.82) is 0 Å². The van der Waals surface area contributed by atoms with Gasteiger partial charge in [-0.3, -0.25) is 4.79 Å². The van der Waals surface area contributed by atoms with E-state index in [1.165, 1.54) is 25.5 Å². The summed E-state index contributed by atoms with van der Waals surface area (Å²) in [5, 5.41) is 3.37. The number of pyridine rings is 1. The SMILES string of the molecule is O=C(CC1CCCCC1)N1CCN(c2ccc(-c3noc(C(F)(F)F)n3)cn2)CC1. The van der Waals surface area contributed by atoms with E-state index in [1.54, 1.807) is 12.1 Å². The minimum absolute atomic E-state index is 0.153. The van der Waals surface area contributed by atoms with Crippen LogP contribution in [0, 0.1) is 5.92 Å². The van der Waals surface area contributed by atoms with Crippen LogP contribution in [0.5, 0.6) is 0 Å². The summed E-state index contributed by atoms with van der Waals surface area (Å²) in [7, 11) is 0. The summed E-state index contributed by atoms with van der Waals surface area (Å²) in [5.41, 5.74) is 0.347. The van der Waals surface area contributed by atoms with Crippen LogP contribution in [0.25, 0.3) is 11.4 Å². The van der Waals surface area contributed by atoms with E-state index in [4.69, 9.17) is 0 Å². The number of hydrogen-bond donors (Lipinski definition) is 0. The number of carbonyl (C=O) groups is 1. The molecular formula is C20H24F3N5O2. The predicted molar refractivity (Wildman–Crippen MR) is 103 cm³/mol. The van der Waals surface area contributed by atoms with Gasteiger partial charge in [0.15, 0.2) is 0 Å². The van der Waals surface area contributed by atoms with Crippen molar-refractivity contribution in [2.45, 2.75) is 44.7 Å². The minimum atomic E-state index is -4.67. The molecule has 2 fully saturated rings. The molecule has 0 atom stereocenters. The van der Waals surface area contributed by atoms with Crippen molar-refractivity contribution >= 4 is 11.7 Å². The first kappa shape index (κ1) is 20.6. The van der Waals surface area contributed by atoms with Gasteiger partial charge in [0.25, 0.3) is 0 Å². The Bertz CT molecular complexity index is 854. The Morgan fingerprint density at radius 3 is 2.43 bits per heavy atom. The quantitative estimate of drug-likeness (QED) is 0.745. The number of rotatable bonds is 4. The number of piperazine rings is 1. The highest BCUT2D eigenvalue weighted by Gasteiger charge is 2.38. The molecule has 2 aromatic rings. The molecule has 0 unspecified atom stereocenters. The molecule has 1 aliphatic heterocycles. The molecule has 1 amide bonds. The Hall–Kier alpha value is -2.65. The van der Waals surface area contributed by atoms with E-state index in [1.807, 2.05) is 4.90 Å². The molecular weight excluding hydrogens is 399 g/mol. The molecule has 0 spiro atoms. The average molecular weight is 423 g/mol. The zero-order chi connectivity index (χ0) is 21.1. The van der Waals surface area contributed by atoms with Crippen LogP contribution in [0.3, 0.4) is 0 Å². The van der Waals surface area contributed by atoms with Crippen LogP contribution < -0.4 is 4.90 Å². The van der Waals surface area contributed by atoms with E-state index in [0.29, 0.717) is 49.9 Å². The molecule has 3 heterocycles. The maximum absolute atomic E-state index is 12.6. The zero-order valence-corrected chi connectivity index (χ0v) is 16.6. The molecule has 1 saturated carbocycles. The van der Waals surface area contributed by atoms with Crippen molar-refractivity contribution in [2.24, 2.45) is 5.92 Å². The van der Waals surface area contributed by atoms with Gasteiger partial charge in [0, 0.05) is 44.4 Å². The molecule has 0 radical (unpaired) electrons. The summed E-state index contributed by atoms with van der Waals surface area (Å²) in [5.74, 6) is -0.0586. The van der Waals surface area contributed by atoms with Gasteiger partial charge in [-0.2, -0.15) is 18.2 Å². The van der Waals surface area contributed by atoms with Crippen LogP contribution in [0.2, 0.25) is 0 Å². The number of aromatic nitrogens is 3. The first-order valence-corrected chi connectivity index (χ1v) is 10.3. The Kier molecular flexibility index (Phi) is 5.92. The van der Waals surface area contributed by atoms with E-state index in [9.17, 15) is 18.0 Å². The number of halogens is 3. The zero-order valence-electron chi connectivity index (χ0n) is 16.6. The van der Waals surface area contributed by atoms with Crippen molar-refractivity contribution in [3.63, 3.8) is 0 Å². The maximum Gasteiger partial charge on any atom is 0.471 e. The number of alkyl halides is 3. The van der Waals surface area contributed by atoms with Gasteiger partial charge in [0.2, 0.25) is 11.7 Å². The van der Waals surface area contributed by atoms with Gasteiger partial charge in [-0.05, 0) is 30.9 Å². The lowest BCUT2D eigenvalue weighted by atomic mass is 9.86. The van der Waals surface area contributed by atoms with Crippen LogP contribution in [0.4, 0.5) is 19.0 Å². The van der Waals surface area contributed by atoms with E-state index < -0.39 is 12.1 Å². The van der Waals surface area contributed by atoms with E-state index in [2.05, 4.69) is 24.5 Å². The first-order valence-electron chi connectivity index (χ1n) is 10.3. The lowest BCUT2D eigenvalue weighted by Gasteiger charge is -2.36. The second kappa shape index (κ2) is 8.61. The summed E-state index contributed by atoms with van der Waals surface area (Å²) in [6.45, 7) is 2.63. The highest BCUT2D eigenvalue weighted by Crippen LogP contribution is 2.30. The van der Waals surface area contributed by atoms with Gasteiger partial charge in [-0.1, -0.05) is 24.4 Å². The second-order valence-electron chi connectivity index (χ2n) is 7.90. The molecule has 162 valence electrons. The number of anilines is 1. The molecule has 1 saturated heterocycles. The Morgan fingerprint density at radius 1 is 1.10 bits per heavy atom.